The van der Waals surface area contributed by atoms with Crippen LogP contribution in [0.4, 0.5) is 5.69 Å². The summed E-state index contributed by atoms with van der Waals surface area (Å²) >= 11 is 2.99. The van der Waals surface area contributed by atoms with Crippen LogP contribution in [0.15, 0.2) is 29.0 Å². The second-order valence-corrected chi connectivity index (χ2v) is 10.2. The average Bonchev–Trinajstić information content (AvgIpc) is 2.82. The van der Waals surface area contributed by atoms with Gasteiger partial charge >= 0.3 is 0 Å². The van der Waals surface area contributed by atoms with Gasteiger partial charge in [-0.2, -0.15) is 0 Å². The van der Waals surface area contributed by atoms with Gasteiger partial charge in [-0.25, -0.2) is 0 Å². The van der Waals surface area contributed by atoms with Crippen LogP contribution in [-0.4, -0.2) is 91.0 Å². The highest BCUT2D eigenvalue weighted by Gasteiger charge is 2.68. The molecule has 3 aliphatic carbocycles. The first-order chi connectivity index (χ1) is 17.2. The molecular weight excluding hydrogens is 634 g/mol. The third kappa shape index (κ3) is 3.88. The van der Waals surface area contributed by atoms with Crippen LogP contribution >= 0.6 is 32.9 Å². The number of hydrogen-bond donors (Lipinski definition) is 7. The van der Waals surface area contributed by atoms with Gasteiger partial charge in [0.2, 0.25) is 11.7 Å². The molecule has 1 aromatic carbocycles. The minimum Gasteiger partial charge on any atom is -0.508 e. The summed E-state index contributed by atoms with van der Waals surface area (Å²) in [6.45, 7) is 1.62. The number of aromatic hydroxyl groups is 1. The Hall–Kier alpha value is -2.78. The monoisotopic (exact) mass is 659 g/mol. The van der Waals surface area contributed by atoms with E-state index in [9.17, 15) is 44.7 Å². The van der Waals surface area contributed by atoms with Gasteiger partial charge < -0.3 is 36.6 Å². The largest absolute Gasteiger partial charge is 0.508 e. The zero-order valence-corrected chi connectivity index (χ0v) is 23.7. The predicted octanol–water partition coefficient (Wildman–Crippen LogP) is 0.407. The molecule has 206 valence electrons. The number of rotatable bonds is 4. The van der Waals surface area contributed by atoms with Crippen LogP contribution in [0, 0.1) is 11.8 Å². The smallest absolute Gasteiger partial charge is 0.255 e. The van der Waals surface area contributed by atoms with E-state index < -0.39 is 87.3 Å². The third-order valence-electron chi connectivity index (χ3n) is 7.52. The van der Waals surface area contributed by atoms with Crippen LogP contribution in [0.25, 0.3) is 5.76 Å². The molecule has 1 fully saturated rings. The Balaban J connectivity index is 0.00000400. The topological polar surface area (TPSA) is 211 Å². The lowest BCUT2D eigenvalue weighted by Gasteiger charge is -2.53. The molecule has 6 atom stereocenters. The fourth-order valence-corrected chi connectivity index (χ4v) is 6.04. The number of carbonyl (C=O) groups excluding carboxylic acids is 4. The SMILES string of the molecule is Br.CC1c2ccc(NC(=O)CBr)c(O)c2C(O)=C2C(=O)C3(O)C(O)=C(C(N)=O)C(=O)[C@@H](N(C)C)C3C(O)C21. The molecule has 12 nitrogen and oxygen atoms in total. The number of Topliss-reactive ketones (excluding diaryl/α,β-unsaturated/α-hetero) is 2. The number of nitrogens with zero attached hydrogens (tertiary/aromatic N) is 1. The normalized spacial score (nSPS) is 30.3. The van der Waals surface area contributed by atoms with Crippen molar-refractivity contribution in [3.63, 3.8) is 0 Å². The Morgan fingerprint density at radius 2 is 1.79 bits per heavy atom. The van der Waals surface area contributed by atoms with Crippen LogP contribution in [0.3, 0.4) is 0 Å². The number of nitrogens with two attached hydrogens (primary N) is 1. The van der Waals surface area contributed by atoms with Gasteiger partial charge in [0.25, 0.3) is 5.91 Å². The maximum absolute atomic E-state index is 13.9. The van der Waals surface area contributed by atoms with Crippen LogP contribution < -0.4 is 11.1 Å². The summed E-state index contributed by atoms with van der Waals surface area (Å²) in [7, 11) is 2.87. The number of phenols is 1. The highest BCUT2D eigenvalue weighted by Crippen LogP contribution is 2.56. The molecule has 0 bridgehead atoms. The van der Waals surface area contributed by atoms with E-state index in [1.807, 2.05) is 0 Å². The molecule has 3 aliphatic rings. The van der Waals surface area contributed by atoms with Crippen LogP contribution in [0.5, 0.6) is 5.75 Å². The van der Waals surface area contributed by atoms with Crippen LogP contribution in [-0.2, 0) is 19.2 Å². The van der Waals surface area contributed by atoms with Gasteiger partial charge in [-0.1, -0.05) is 28.9 Å². The number of aliphatic hydroxyl groups is 4. The van der Waals surface area contributed by atoms with Crippen molar-refractivity contribution in [3.05, 3.63) is 40.2 Å². The van der Waals surface area contributed by atoms with Crippen molar-refractivity contribution in [1.29, 1.82) is 0 Å². The number of benzene rings is 1. The maximum atomic E-state index is 13.9. The minimum atomic E-state index is -2.99. The van der Waals surface area contributed by atoms with Crippen molar-refractivity contribution >= 4 is 67.7 Å². The average molecular weight is 661 g/mol. The van der Waals surface area contributed by atoms with E-state index in [2.05, 4.69) is 21.2 Å². The first-order valence-electron chi connectivity index (χ1n) is 11.3. The second-order valence-electron chi connectivity index (χ2n) is 9.66. The van der Waals surface area contributed by atoms with Gasteiger partial charge in [0.05, 0.1) is 34.6 Å². The lowest BCUT2D eigenvalue weighted by atomic mass is 9.54. The molecule has 4 rings (SSSR count). The van der Waals surface area contributed by atoms with Gasteiger partial charge in [-0.3, -0.25) is 24.1 Å². The molecule has 0 aliphatic heterocycles. The molecule has 0 radical (unpaired) electrons. The zero-order chi connectivity index (χ0) is 27.7. The Kier molecular flexibility index (Phi) is 7.89. The van der Waals surface area contributed by atoms with Gasteiger partial charge in [0, 0.05) is 11.5 Å². The number of primary amides is 1. The quantitative estimate of drug-likeness (QED) is 0.134. The number of nitrogens with one attached hydrogen (secondary N) is 1. The molecule has 5 unspecified atom stereocenters. The van der Waals surface area contributed by atoms with Gasteiger partial charge in [-0.15, -0.1) is 17.0 Å². The van der Waals surface area contributed by atoms with E-state index in [0.29, 0.717) is 5.56 Å². The number of carbonyl (C=O) groups is 4. The molecule has 38 heavy (non-hydrogen) atoms. The van der Waals surface area contributed by atoms with Crippen molar-refractivity contribution in [3.8, 4) is 5.75 Å². The summed E-state index contributed by atoms with van der Waals surface area (Å²) in [5.41, 5.74) is 0.883. The number of likely N-dealkylation sites (N-methyl/N-ethyl adjacent to an activating group) is 1. The zero-order valence-electron chi connectivity index (χ0n) is 20.4. The highest BCUT2D eigenvalue weighted by molar-refractivity contribution is 9.09. The Labute approximate surface area is 235 Å². The molecule has 1 aromatic rings. The summed E-state index contributed by atoms with van der Waals surface area (Å²) in [5, 5.41) is 58.6. The third-order valence-corrected chi connectivity index (χ3v) is 8.03. The number of ketones is 2. The van der Waals surface area contributed by atoms with Crippen molar-refractivity contribution < 1.29 is 44.7 Å². The molecule has 0 spiro atoms. The van der Waals surface area contributed by atoms with E-state index in [-0.39, 0.29) is 33.6 Å². The Morgan fingerprint density at radius 3 is 2.32 bits per heavy atom. The van der Waals surface area contributed by atoms with Gasteiger partial charge in [-0.05, 0) is 31.6 Å². The fraction of sp³-hybridized carbons (Fsp3) is 0.417. The summed E-state index contributed by atoms with van der Waals surface area (Å²) in [6, 6.07) is 1.49. The number of amides is 2. The molecular formula is C24H27Br2N3O9. The van der Waals surface area contributed by atoms with E-state index in [1.54, 1.807) is 6.92 Å². The maximum Gasteiger partial charge on any atom is 0.255 e. The number of halogens is 2. The van der Waals surface area contributed by atoms with Crippen LogP contribution in [0.1, 0.15) is 24.0 Å². The Bertz CT molecular complexity index is 1330. The van der Waals surface area contributed by atoms with Gasteiger partial charge in [0.15, 0.2) is 11.4 Å². The number of alkyl halides is 1. The van der Waals surface area contributed by atoms with Crippen molar-refractivity contribution in [2.45, 2.75) is 30.6 Å². The number of anilines is 1. The first kappa shape index (κ1) is 29.8. The minimum absolute atomic E-state index is 0. The number of hydrogen-bond acceptors (Lipinski definition) is 10. The molecule has 0 saturated heterocycles. The van der Waals surface area contributed by atoms with Crippen molar-refractivity contribution in [1.82, 2.24) is 4.90 Å². The summed E-state index contributed by atoms with van der Waals surface area (Å²) in [5.74, 6) is -10.3. The molecule has 0 aromatic heterocycles. The number of aliphatic hydroxyl groups excluding tert-OH is 3. The highest BCUT2D eigenvalue weighted by atomic mass is 79.9. The van der Waals surface area contributed by atoms with Crippen molar-refractivity contribution in [2.75, 3.05) is 24.7 Å². The molecule has 1 saturated carbocycles. The summed E-state index contributed by atoms with van der Waals surface area (Å²) in [4.78, 5) is 52.2. The lowest BCUT2D eigenvalue weighted by molar-refractivity contribution is -0.169. The van der Waals surface area contributed by atoms with Crippen LogP contribution in [0.2, 0.25) is 0 Å². The molecule has 0 heterocycles. The van der Waals surface area contributed by atoms with Gasteiger partial charge in [0.1, 0.15) is 22.8 Å². The van der Waals surface area contributed by atoms with E-state index in [1.165, 1.54) is 31.1 Å². The number of fused-ring (bicyclic) bond motifs is 3. The van der Waals surface area contributed by atoms with Crippen molar-refractivity contribution in [2.24, 2.45) is 17.6 Å². The Morgan fingerprint density at radius 1 is 1.18 bits per heavy atom. The van der Waals surface area contributed by atoms with E-state index in [4.69, 9.17) is 5.73 Å². The van der Waals surface area contributed by atoms with E-state index in [0.717, 1.165) is 0 Å². The summed E-state index contributed by atoms with van der Waals surface area (Å²) in [6.07, 6.45) is -1.68. The number of phenolic OH excluding ortho intramolecular Hbond substituents is 1. The molecule has 2 amide bonds. The standard InChI is InChI=1S/C24H26BrN3O9.BrH/c1-7-8-4-5-9(27-10(29)6-25)17(30)12(8)18(31)13-11(7)19(32)15-16(28(2)3)20(33)14(23(26)36)22(35)24(15,37)21(13)34;/h4-5,7,11,15-16,19,30-32,35,37H,6H2,1-3H3,(H2,26,36)(H,27,29);1H/t7?,11?,15?,16-,19?,24?;/m0./s1. The predicted molar refractivity (Wildman–Crippen MR) is 143 cm³/mol. The second kappa shape index (κ2) is 10.1. The molecule has 14 heteroatoms. The first-order valence-corrected chi connectivity index (χ1v) is 12.4. The lowest BCUT2D eigenvalue weighted by Crippen LogP contribution is -2.70. The molecule has 8 N–H and O–H groups in total. The summed E-state index contributed by atoms with van der Waals surface area (Å²) < 4.78 is 0. The fourth-order valence-electron chi connectivity index (χ4n) is 5.90. The van der Waals surface area contributed by atoms with E-state index >= 15 is 0 Å².